The zero-order valence-corrected chi connectivity index (χ0v) is 17.4. The number of benzene rings is 2. The Morgan fingerprint density at radius 3 is 2.17 bits per heavy atom. The fourth-order valence-electron chi connectivity index (χ4n) is 3.87. The Labute approximate surface area is 171 Å². The van der Waals surface area contributed by atoms with Crippen molar-refractivity contribution in [2.75, 3.05) is 48.2 Å². The van der Waals surface area contributed by atoms with Crippen molar-refractivity contribution in [1.29, 1.82) is 0 Å². The Bertz CT molecular complexity index is 790. The van der Waals surface area contributed by atoms with E-state index in [4.69, 9.17) is 23.7 Å². The second-order valence-corrected chi connectivity index (χ2v) is 6.76. The predicted molar refractivity (Wildman–Crippen MR) is 109 cm³/mol. The number of ether oxygens (including phenoxy) is 5. The predicted octanol–water partition coefficient (Wildman–Crippen LogP) is 2.66. The Morgan fingerprint density at radius 2 is 1.59 bits per heavy atom. The first-order valence-electron chi connectivity index (χ1n) is 9.55. The zero-order valence-electron chi connectivity index (χ0n) is 17.4. The third-order valence-corrected chi connectivity index (χ3v) is 5.28. The first kappa shape index (κ1) is 21.2. The molecule has 0 bridgehead atoms. The normalized spacial score (nSPS) is 19.6. The number of rotatable bonds is 8. The van der Waals surface area contributed by atoms with Crippen LogP contribution in [0.1, 0.15) is 17.2 Å². The number of methoxy groups -OCH3 is 4. The van der Waals surface area contributed by atoms with Crippen LogP contribution < -0.4 is 18.9 Å². The molecule has 0 radical (unpaired) electrons. The van der Waals surface area contributed by atoms with Crippen molar-refractivity contribution in [1.82, 2.24) is 4.90 Å². The van der Waals surface area contributed by atoms with Crippen LogP contribution in [0.15, 0.2) is 36.4 Å². The summed E-state index contributed by atoms with van der Waals surface area (Å²) in [6.45, 7) is 1.74. The molecule has 2 aromatic carbocycles. The van der Waals surface area contributed by atoms with Crippen molar-refractivity contribution >= 4 is 0 Å². The van der Waals surface area contributed by atoms with Gasteiger partial charge in [-0.15, -0.1) is 0 Å². The van der Waals surface area contributed by atoms with Crippen molar-refractivity contribution in [3.05, 3.63) is 47.5 Å². The lowest BCUT2D eigenvalue weighted by atomic mass is 9.96. The molecule has 2 aromatic rings. The van der Waals surface area contributed by atoms with Gasteiger partial charge in [-0.3, -0.25) is 4.90 Å². The third kappa shape index (κ3) is 4.42. The molecule has 158 valence electrons. The van der Waals surface area contributed by atoms with Crippen LogP contribution in [0.4, 0.5) is 0 Å². The van der Waals surface area contributed by atoms with E-state index in [-0.39, 0.29) is 18.8 Å². The number of aliphatic hydroxyl groups is 1. The van der Waals surface area contributed by atoms with Gasteiger partial charge in [0, 0.05) is 13.1 Å². The smallest absolute Gasteiger partial charge is 0.161 e. The molecular formula is C22H29NO6. The monoisotopic (exact) mass is 403 g/mol. The average molecular weight is 403 g/mol. The van der Waals surface area contributed by atoms with Crippen LogP contribution in [0.2, 0.25) is 0 Å². The van der Waals surface area contributed by atoms with Crippen molar-refractivity contribution < 1.29 is 28.8 Å². The van der Waals surface area contributed by atoms with Crippen LogP contribution in [0.5, 0.6) is 23.0 Å². The van der Waals surface area contributed by atoms with Gasteiger partial charge in [-0.2, -0.15) is 0 Å². The Kier molecular flexibility index (Phi) is 7.19. The van der Waals surface area contributed by atoms with Gasteiger partial charge in [0.05, 0.1) is 53.3 Å². The van der Waals surface area contributed by atoms with E-state index in [2.05, 4.69) is 4.90 Å². The second-order valence-electron chi connectivity index (χ2n) is 6.76. The Hall–Kier alpha value is -2.48. The van der Waals surface area contributed by atoms with Gasteiger partial charge in [-0.05, 0) is 29.8 Å². The summed E-state index contributed by atoms with van der Waals surface area (Å²) in [4.78, 5) is 2.27. The molecule has 0 amide bonds. The molecule has 1 aliphatic rings. The van der Waals surface area contributed by atoms with Crippen LogP contribution in [0.25, 0.3) is 0 Å². The zero-order chi connectivity index (χ0) is 20.8. The fourth-order valence-corrected chi connectivity index (χ4v) is 3.87. The van der Waals surface area contributed by atoms with Crippen LogP contribution in [0, 0.1) is 0 Å². The molecule has 1 saturated heterocycles. The van der Waals surface area contributed by atoms with E-state index in [1.165, 1.54) is 0 Å². The molecule has 7 heteroatoms. The van der Waals surface area contributed by atoms with Crippen LogP contribution in [-0.2, 0) is 11.3 Å². The topological polar surface area (TPSA) is 69.6 Å². The number of hydrogen-bond acceptors (Lipinski definition) is 7. The van der Waals surface area contributed by atoms with E-state index < -0.39 is 0 Å². The summed E-state index contributed by atoms with van der Waals surface area (Å²) < 4.78 is 27.9. The number of hydrogen-bond donors (Lipinski definition) is 1. The summed E-state index contributed by atoms with van der Waals surface area (Å²) in [7, 11) is 6.53. The highest BCUT2D eigenvalue weighted by Crippen LogP contribution is 2.38. The number of nitrogens with zero attached hydrogens (tertiary/aromatic N) is 1. The highest BCUT2D eigenvalue weighted by Gasteiger charge is 2.34. The molecule has 3 rings (SSSR count). The first-order chi connectivity index (χ1) is 14.2. The van der Waals surface area contributed by atoms with E-state index in [0.29, 0.717) is 31.2 Å². The number of aliphatic hydroxyl groups excluding tert-OH is 1. The molecule has 0 aliphatic carbocycles. The van der Waals surface area contributed by atoms with Crippen LogP contribution >= 0.6 is 0 Å². The molecule has 0 saturated carbocycles. The maximum atomic E-state index is 9.98. The summed E-state index contributed by atoms with van der Waals surface area (Å²) in [5.41, 5.74) is 1.94. The maximum Gasteiger partial charge on any atom is 0.161 e. The fraction of sp³-hybridized carbons (Fsp3) is 0.455. The Balaban J connectivity index is 1.99. The van der Waals surface area contributed by atoms with Gasteiger partial charge in [0.1, 0.15) is 17.6 Å². The molecular weight excluding hydrogens is 374 g/mol. The van der Waals surface area contributed by atoms with Gasteiger partial charge in [-0.25, -0.2) is 0 Å². The lowest BCUT2D eigenvalue weighted by Gasteiger charge is -2.41. The summed E-state index contributed by atoms with van der Waals surface area (Å²) in [5.74, 6) is 2.83. The van der Waals surface area contributed by atoms with Gasteiger partial charge >= 0.3 is 0 Å². The molecule has 7 nitrogen and oxygen atoms in total. The minimum atomic E-state index is -0.359. The maximum absolute atomic E-state index is 9.98. The lowest BCUT2D eigenvalue weighted by molar-refractivity contribution is -0.0963. The molecule has 1 aliphatic heterocycles. The van der Waals surface area contributed by atoms with Gasteiger partial charge < -0.3 is 28.8 Å². The lowest BCUT2D eigenvalue weighted by Crippen LogP contribution is -2.46. The van der Waals surface area contributed by atoms with Crippen molar-refractivity contribution in [2.24, 2.45) is 0 Å². The second kappa shape index (κ2) is 9.82. The molecule has 1 fully saturated rings. The SMILES string of the molecule is COc1ccc([C@@H]2[C@@H](CO)OCCN2Cc2c(OC)cccc2OC)cc1OC. The summed E-state index contributed by atoms with van der Waals surface area (Å²) >= 11 is 0. The minimum absolute atomic E-state index is 0.0848. The molecule has 29 heavy (non-hydrogen) atoms. The van der Waals surface area contributed by atoms with Gasteiger partial charge in [0.15, 0.2) is 11.5 Å². The van der Waals surface area contributed by atoms with Crippen molar-refractivity contribution in [3.8, 4) is 23.0 Å². The van der Waals surface area contributed by atoms with Crippen molar-refractivity contribution in [3.63, 3.8) is 0 Å². The molecule has 1 N–H and O–H groups in total. The first-order valence-corrected chi connectivity index (χ1v) is 9.55. The van der Waals surface area contributed by atoms with E-state index in [9.17, 15) is 5.11 Å². The van der Waals surface area contributed by atoms with E-state index >= 15 is 0 Å². The van der Waals surface area contributed by atoms with Crippen LogP contribution in [0.3, 0.4) is 0 Å². The highest BCUT2D eigenvalue weighted by atomic mass is 16.5. The summed E-state index contributed by atoms with van der Waals surface area (Å²) in [6.07, 6.45) is -0.359. The van der Waals surface area contributed by atoms with E-state index in [1.807, 2.05) is 36.4 Å². The van der Waals surface area contributed by atoms with E-state index in [1.54, 1.807) is 28.4 Å². The summed E-state index contributed by atoms with van der Waals surface area (Å²) in [6, 6.07) is 11.4. The van der Waals surface area contributed by atoms with Crippen molar-refractivity contribution in [2.45, 2.75) is 18.7 Å². The quantitative estimate of drug-likeness (QED) is 0.727. The molecule has 0 spiro atoms. The standard InChI is InChI=1S/C22H29NO6/c1-25-17-6-5-7-18(26-2)16(17)13-23-10-11-29-21(14-24)22(23)15-8-9-19(27-3)20(12-15)28-4/h5-9,12,21-22,24H,10-11,13-14H2,1-4H3/t21-,22-/m1/s1. The average Bonchev–Trinajstić information content (AvgIpc) is 2.78. The van der Waals surface area contributed by atoms with Gasteiger partial charge in [0.25, 0.3) is 0 Å². The largest absolute Gasteiger partial charge is 0.496 e. The van der Waals surface area contributed by atoms with Crippen LogP contribution in [-0.4, -0.2) is 64.3 Å². The molecule has 0 unspecified atom stereocenters. The number of morpholine rings is 1. The summed E-state index contributed by atoms with van der Waals surface area (Å²) in [5, 5.41) is 9.98. The van der Waals surface area contributed by atoms with Gasteiger partial charge in [-0.1, -0.05) is 12.1 Å². The van der Waals surface area contributed by atoms with Gasteiger partial charge in [0.2, 0.25) is 0 Å². The van der Waals surface area contributed by atoms with E-state index in [0.717, 1.165) is 22.6 Å². The minimum Gasteiger partial charge on any atom is -0.496 e. The molecule has 1 heterocycles. The molecule has 0 aromatic heterocycles. The third-order valence-electron chi connectivity index (χ3n) is 5.28. The Morgan fingerprint density at radius 1 is 0.931 bits per heavy atom. The highest BCUT2D eigenvalue weighted by molar-refractivity contribution is 5.46. The molecule has 2 atom stereocenters.